The second-order valence-electron chi connectivity index (χ2n) is 8.21. The number of rotatable bonds is 4. The molecule has 0 radical (unpaired) electrons. The van der Waals surface area contributed by atoms with Crippen molar-refractivity contribution in [3.63, 3.8) is 0 Å². The summed E-state index contributed by atoms with van der Waals surface area (Å²) in [5.74, 6) is 2.90. The Morgan fingerprint density at radius 1 is 1.11 bits per heavy atom. The first-order valence-corrected chi connectivity index (χ1v) is 10.5. The second kappa shape index (κ2) is 5.57. The molecule has 1 aliphatic carbocycles. The molecule has 0 atom stereocenters. The molecule has 3 heteroatoms. The molecule has 0 aromatic rings. The molecule has 2 aliphatic rings. The standard InChI is InChI=1S/C16H33NOS/c1-15(2,3)18-14-16(7-8-16)13-17-9-6-11-19(4,5)12-10-17/h6-14H2,1-5H3. The molecule has 2 nitrogen and oxygen atoms in total. The van der Waals surface area contributed by atoms with Gasteiger partial charge in [0.25, 0.3) is 0 Å². The Bertz CT molecular complexity index is 304. The predicted molar refractivity (Wildman–Crippen MR) is 87.6 cm³/mol. The third kappa shape index (κ3) is 5.28. The molecular formula is C16H33NOS. The zero-order valence-corrected chi connectivity index (χ0v) is 14.4. The minimum absolute atomic E-state index is 0.0144. The molecule has 0 spiro atoms. The Morgan fingerprint density at radius 2 is 1.79 bits per heavy atom. The average Bonchev–Trinajstić information content (AvgIpc) is 3.04. The molecule has 0 unspecified atom stereocenters. The highest BCUT2D eigenvalue weighted by molar-refractivity contribution is 8.32. The van der Waals surface area contributed by atoms with E-state index >= 15 is 0 Å². The lowest BCUT2D eigenvalue weighted by molar-refractivity contribution is -0.0336. The lowest BCUT2D eigenvalue weighted by atomic mass is 10.1. The maximum atomic E-state index is 6.05. The van der Waals surface area contributed by atoms with Crippen molar-refractivity contribution in [3.05, 3.63) is 0 Å². The maximum absolute atomic E-state index is 6.05. The van der Waals surface area contributed by atoms with Crippen LogP contribution in [0.1, 0.15) is 40.0 Å². The van der Waals surface area contributed by atoms with Crippen molar-refractivity contribution >= 4 is 10.0 Å². The first-order chi connectivity index (χ1) is 8.70. The third-order valence-corrected chi connectivity index (χ3v) is 7.14. The van der Waals surface area contributed by atoms with Crippen molar-refractivity contribution in [1.82, 2.24) is 4.90 Å². The van der Waals surface area contributed by atoms with Crippen LogP contribution in [0.2, 0.25) is 0 Å². The van der Waals surface area contributed by atoms with Gasteiger partial charge in [0.05, 0.1) is 12.2 Å². The van der Waals surface area contributed by atoms with Crippen LogP contribution >= 0.6 is 10.0 Å². The molecule has 0 aromatic carbocycles. The van der Waals surface area contributed by atoms with Crippen LogP contribution in [0.4, 0.5) is 0 Å². The van der Waals surface area contributed by atoms with Gasteiger partial charge in [-0.3, -0.25) is 0 Å². The summed E-state index contributed by atoms with van der Waals surface area (Å²) in [6.07, 6.45) is 9.16. The molecule has 0 aromatic heterocycles. The van der Waals surface area contributed by atoms with Gasteiger partial charge in [0.2, 0.25) is 0 Å². The Hall–Kier alpha value is 0.270. The second-order valence-corrected chi connectivity index (χ2v) is 12.6. The number of nitrogens with zero attached hydrogens (tertiary/aromatic N) is 1. The summed E-state index contributed by atoms with van der Waals surface area (Å²) in [5.41, 5.74) is 0.512. The summed E-state index contributed by atoms with van der Waals surface area (Å²) in [6.45, 7) is 11.4. The number of hydrogen-bond acceptors (Lipinski definition) is 2. The maximum Gasteiger partial charge on any atom is 0.0598 e. The van der Waals surface area contributed by atoms with Gasteiger partial charge in [-0.1, -0.05) is 0 Å². The van der Waals surface area contributed by atoms with Gasteiger partial charge in [0.1, 0.15) is 0 Å². The smallest absolute Gasteiger partial charge is 0.0598 e. The summed E-state index contributed by atoms with van der Waals surface area (Å²) in [7, 11) is -0.296. The normalized spacial score (nSPS) is 28.7. The molecule has 0 bridgehead atoms. The van der Waals surface area contributed by atoms with Gasteiger partial charge in [-0.05, 0) is 70.6 Å². The fourth-order valence-electron chi connectivity index (χ4n) is 2.80. The quantitative estimate of drug-likeness (QED) is 0.786. The monoisotopic (exact) mass is 287 g/mol. The van der Waals surface area contributed by atoms with Crippen LogP contribution in [0.25, 0.3) is 0 Å². The Labute approximate surface area is 121 Å². The Morgan fingerprint density at radius 3 is 2.37 bits per heavy atom. The Kier molecular flexibility index (Phi) is 4.59. The van der Waals surface area contributed by atoms with Crippen molar-refractivity contribution in [3.8, 4) is 0 Å². The van der Waals surface area contributed by atoms with E-state index in [9.17, 15) is 0 Å². The van der Waals surface area contributed by atoms with Gasteiger partial charge in [-0.15, -0.1) is 0 Å². The lowest BCUT2D eigenvalue weighted by Gasteiger charge is -2.31. The van der Waals surface area contributed by atoms with Gasteiger partial charge in [0.15, 0.2) is 0 Å². The van der Waals surface area contributed by atoms with E-state index in [2.05, 4.69) is 38.2 Å². The SMILES string of the molecule is CC(C)(C)OCC1(CN2CCCS(C)(C)CC2)CC1. The molecule has 1 saturated heterocycles. The first kappa shape index (κ1) is 15.7. The molecule has 0 N–H and O–H groups in total. The van der Waals surface area contributed by atoms with Crippen molar-refractivity contribution in [2.24, 2.45) is 5.41 Å². The highest BCUT2D eigenvalue weighted by Gasteiger charge is 2.45. The van der Waals surface area contributed by atoms with Crippen LogP contribution in [0.15, 0.2) is 0 Å². The van der Waals surface area contributed by atoms with Crippen LogP contribution < -0.4 is 0 Å². The molecule has 2 fully saturated rings. The summed E-state index contributed by atoms with van der Waals surface area (Å²) >= 11 is 0. The Balaban J connectivity index is 1.80. The fraction of sp³-hybridized carbons (Fsp3) is 1.00. The highest BCUT2D eigenvalue weighted by atomic mass is 32.3. The van der Waals surface area contributed by atoms with Crippen molar-refractivity contribution in [2.45, 2.75) is 45.6 Å². The number of hydrogen-bond donors (Lipinski definition) is 0. The van der Waals surface area contributed by atoms with Gasteiger partial charge >= 0.3 is 0 Å². The van der Waals surface area contributed by atoms with E-state index in [0.29, 0.717) is 5.41 Å². The minimum atomic E-state index is -0.296. The first-order valence-electron chi connectivity index (χ1n) is 7.75. The average molecular weight is 288 g/mol. The van der Waals surface area contributed by atoms with Gasteiger partial charge < -0.3 is 9.64 Å². The molecule has 1 saturated carbocycles. The van der Waals surface area contributed by atoms with E-state index in [1.165, 1.54) is 50.4 Å². The van der Waals surface area contributed by atoms with E-state index < -0.39 is 0 Å². The molecule has 1 aliphatic heterocycles. The van der Waals surface area contributed by atoms with Crippen molar-refractivity contribution < 1.29 is 4.74 Å². The van der Waals surface area contributed by atoms with Gasteiger partial charge in [-0.25, -0.2) is 10.0 Å². The van der Waals surface area contributed by atoms with Crippen molar-refractivity contribution in [2.75, 3.05) is 50.3 Å². The van der Waals surface area contributed by atoms with Crippen LogP contribution in [0, 0.1) is 5.41 Å². The van der Waals surface area contributed by atoms with Crippen LogP contribution in [-0.4, -0.2) is 60.8 Å². The lowest BCUT2D eigenvalue weighted by Crippen LogP contribution is -2.36. The largest absolute Gasteiger partial charge is 0.375 e. The van der Waals surface area contributed by atoms with Gasteiger partial charge in [0, 0.05) is 18.5 Å². The van der Waals surface area contributed by atoms with Crippen LogP contribution in [0.5, 0.6) is 0 Å². The van der Waals surface area contributed by atoms with Crippen LogP contribution in [-0.2, 0) is 4.74 Å². The molecule has 19 heavy (non-hydrogen) atoms. The van der Waals surface area contributed by atoms with Crippen LogP contribution in [0.3, 0.4) is 0 Å². The zero-order chi connectivity index (χ0) is 14.1. The topological polar surface area (TPSA) is 12.5 Å². The van der Waals surface area contributed by atoms with E-state index in [4.69, 9.17) is 4.74 Å². The van der Waals surface area contributed by atoms with E-state index in [0.717, 1.165) is 6.61 Å². The fourth-order valence-corrected chi connectivity index (χ4v) is 4.66. The van der Waals surface area contributed by atoms with Crippen molar-refractivity contribution in [1.29, 1.82) is 0 Å². The summed E-state index contributed by atoms with van der Waals surface area (Å²) in [6, 6.07) is 0. The number of ether oxygens (including phenoxy) is 1. The van der Waals surface area contributed by atoms with E-state index in [-0.39, 0.29) is 15.6 Å². The third-order valence-electron chi connectivity index (χ3n) is 4.46. The molecular weight excluding hydrogens is 254 g/mol. The minimum Gasteiger partial charge on any atom is -0.375 e. The molecule has 2 rings (SSSR count). The summed E-state index contributed by atoms with van der Waals surface area (Å²) < 4.78 is 6.05. The predicted octanol–water partition coefficient (Wildman–Crippen LogP) is 3.35. The molecule has 0 amide bonds. The summed E-state index contributed by atoms with van der Waals surface area (Å²) in [4.78, 5) is 2.72. The van der Waals surface area contributed by atoms with E-state index in [1.54, 1.807) is 0 Å². The van der Waals surface area contributed by atoms with E-state index in [1.807, 2.05) is 0 Å². The molecule has 114 valence electrons. The zero-order valence-electron chi connectivity index (χ0n) is 13.6. The molecule has 1 heterocycles. The summed E-state index contributed by atoms with van der Waals surface area (Å²) in [5, 5.41) is 0. The highest BCUT2D eigenvalue weighted by Crippen LogP contribution is 2.48. The van der Waals surface area contributed by atoms with Gasteiger partial charge in [-0.2, -0.15) is 0 Å².